The Morgan fingerprint density at radius 2 is 1.95 bits per heavy atom. The largest absolute Gasteiger partial charge is 0.335 e. The Kier molecular flexibility index (Phi) is 5.91. The smallest absolute Gasteiger partial charge is 0.254 e. The lowest BCUT2D eigenvalue weighted by molar-refractivity contribution is 0.0677. The second-order valence-electron chi connectivity index (χ2n) is 5.86. The van der Waals surface area contributed by atoms with Crippen LogP contribution in [0.25, 0.3) is 0 Å². The summed E-state index contributed by atoms with van der Waals surface area (Å²) in [5, 5.41) is 4.47. The molecule has 0 saturated carbocycles. The summed E-state index contributed by atoms with van der Waals surface area (Å²) in [6, 6.07) is 5.51. The molecule has 116 valence electrons. The molecule has 0 aromatic heterocycles. The van der Waals surface area contributed by atoms with Gasteiger partial charge in [0, 0.05) is 34.2 Å². The highest BCUT2D eigenvalue weighted by Crippen LogP contribution is 2.21. The molecule has 0 aliphatic carbocycles. The predicted molar refractivity (Wildman–Crippen MR) is 88.3 cm³/mol. The fraction of sp³-hybridized carbons (Fsp3) is 0.562. The van der Waals surface area contributed by atoms with Gasteiger partial charge in [0.25, 0.3) is 5.91 Å². The first-order valence-corrected chi connectivity index (χ1v) is 8.23. The van der Waals surface area contributed by atoms with Crippen molar-refractivity contribution in [2.24, 2.45) is 0 Å². The summed E-state index contributed by atoms with van der Waals surface area (Å²) in [5.74, 6) is -0.0122. The first-order valence-electron chi connectivity index (χ1n) is 7.48. The molecule has 2 rings (SSSR count). The minimum absolute atomic E-state index is 0.0122. The standard InChI is InChI=1S/C16H22Cl2N2O/c1-11(2)20(10-15-5-3-4-6-19-15)16(21)12-7-13(17)9-14(18)8-12/h7-9,11,15,19H,3-6,10H2,1-2H3. The number of nitrogens with one attached hydrogen (secondary N) is 1. The van der Waals surface area contributed by atoms with Crippen molar-refractivity contribution in [2.45, 2.75) is 45.2 Å². The minimum Gasteiger partial charge on any atom is -0.335 e. The molecule has 3 nitrogen and oxygen atoms in total. The van der Waals surface area contributed by atoms with Crippen LogP contribution in [0.5, 0.6) is 0 Å². The fourth-order valence-corrected chi connectivity index (χ4v) is 3.21. The zero-order valence-corrected chi connectivity index (χ0v) is 14.0. The van der Waals surface area contributed by atoms with Gasteiger partial charge in [-0.25, -0.2) is 0 Å². The molecule has 0 radical (unpaired) electrons. The van der Waals surface area contributed by atoms with E-state index in [-0.39, 0.29) is 11.9 Å². The molecule has 1 fully saturated rings. The number of amides is 1. The van der Waals surface area contributed by atoms with Gasteiger partial charge in [-0.15, -0.1) is 0 Å². The van der Waals surface area contributed by atoms with Crippen LogP contribution in [0, 0.1) is 0 Å². The molecule has 1 aromatic carbocycles. The van der Waals surface area contributed by atoms with Gasteiger partial charge >= 0.3 is 0 Å². The van der Waals surface area contributed by atoms with E-state index >= 15 is 0 Å². The predicted octanol–water partition coefficient (Wildman–Crippen LogP) is 3.99. The Morgan fingerprint density at radius 1 is 1.29 bits per heavy atom. The minimum atomic E-state index is -0.0122. The van der Waals surface area contributed by atoms with Crippen molar-refractivity contribution in [3.05, 3.63) is 33.8 Å². The van der Waals surface area contributed by atoms with Gasteiger partial charge in [0.1, 0.15) is 0 Å². The molecule has 1 N–H and O–H groups in total. The molecule has 1 saturated heterocycles. The SMILES string of the molecule is CC(C)N(CC1CCCCN1)C(=O)c1cc(Cl)cc(Cl)c1. The van der Waals surface area contributed by atoms with Gasteiger partial charge in [-0.05, 0) is 51.4 Å². The number of nitrogens with zero attached hydrogens (tertiary/aromatic N) is 1. The monoisotopic (exact) mass is 328 g/mol. The van der Waals surface area contributed by atoms with Crippen molar-refractivity contribution in [1.82, 2.24) is 10.2 Å². The highest BCUT2D eigenvalue weighted by atomic mass is 35.5. The van der Waals surface area contributed by atoms with Gasteiger partial charge in [0.05, 0.1) is 0 Å². The first-order chi connectivity index (χ1) is 9.97. The van der Waals surface area contributed by atoms with Crippen LogP contribution in [0.1, 0.15) is 43.5 Å². The summed E-state index contributed by atoms with van der Waals surface area (Å²) in [7, 11) is 0. The van der Waals surface area contributed by atoms with Crippen LogP contribution in [0.3, 0.4) is 0 Å². The highest BCUT2D eigenvalue weighted by Gasteiger charge is 2.24. The summed E-state index contributed by atoms with van der Waals surface area (Å²) >= 11 is 12.0. The quantitative estimate of drug-likeness (QED) is 0.906. The maximum absolute atomic E-state index is 12.7. The van der Waals surface area contributed by atoms with E-state index < -0.39 is 0 Å². The number of hydrogen-bond donors (Lipinski definition) is 1. The van der Waals surface area contributed by atoms with Crippen LogP contribution in [0.2, 0.25) is 10.0 Å². The Labute approximate surface area is 136 Å². The number of benzene rings is 1. The van der Waals surface area contributed by atoms with Crippen molar-refractivity contribution in [1.29, 1.82) is 0 Å². The number of carbonyl (C=O) groups excluding carboxylic acids is 1. The molecule has 1 amide bonds. The Bertz CT molecular complexity index is 479. The van der Waals surface area contributed by atoms with Crippen LogP contribution in [-0.4, -0.2) is 36.0 Å². The average Bonchev–Trinajstić information content (AvgIpc) is 2.44. The fourth-order valence-electron chi connectivity index (χ4n) is 2.69. The Hall–Kier alpha value is -0.770. The van der Waals surface area contributed by atoms with E-state index in [4.69, 9.17) is 23.2 Å². The third-order valence-corrected chi connectivity index (χ3v) is 4.26. The summed E-state index contributed by atoms with van der Waals surface area (Å²) in [4.78, 5) is 14.6. The van der Waals surface area contributed by atoms with Gasteiger partial charge in [-0.2, -0.15) is 0 Å². The zero-order chi connectivity index (χ0) is 15.4. The van der Waals surface area contributed by atoms with E-state index in [1.54, 1.807) is 18.2 Å². The summed E-state index contributed by atoms with van der Waals surface area (Å²) < 4.78 is 0. The maximum atomic E-state index is 12.7. The maximum Gasteiger partial charge on any atom is 0.254 e. The van der Waals surface area contributed by atoms with Gasteiger partial charge in [-0.1, -0.05) is 29.6 Å². The first kappa shape index (κ1) is 16.6. The molecular formula is C16H22Cl2N2O. The van der Waals surface area contributed by atoms with Crippen LogP contribution in [0.15, 0.2) is 18.2 Å². The lowest BCUT2D eigenvalue weighted by atomic mass is 10.0. The van der Waals surface area contributed by atoms with E-state index in [2.05, 4.69) is 5.32 Å². The second-order valence-corrected chi connectivity index (χ2v) is 6.73. The topological polar surface area (TPSA) is 32.3 Å². The van der Waals surface area contributed by atoms with Crippen LogP contribution >= 0.6 is 23.2 Å². The third-order valence-electron chi connectivity index (χ3n) is 3.82. The normalized spacial score (nSPS) is 18.8. The molecule has 1 atom stereocenters. The van der Waals surface area contributed by atoms with E-state index in [0.29, 0.717) is 21.7 Å². The molecule has 5 heteroatoms. The van der Waals surface area contributed by atoms with Gasteiger partial charge in [0.15, 0.2) is 0 Å². The van der Waals surface area contributed by atoms with Gasteiger partial charge in [0.2, 0.25) is 0 Å². The summed E-state index contributed by atoms with van der Waals surface area (Å²) in [6.07, 6.45) is 3.56. The summed E-state index contributed by atoms with van der Waals surface area (Å²) in [5.41, 5.74) is 0.553. The number of hydrogen-bond acceptors (Lipinski definition) is 2. The van der Waals surface area contributed by atoms with Crippen LogP contribution in [0.4, 0.5) is 0 Å². The Morgan fingerprint density at radius 3 is 2.48 bits per heavy atom. The van der Waals surface area contributed by atoms with E-state index in [1.807, 2.05) is 18.7 Å². The zero-order valence-electron chi connectivity index (χ0n) is 12.5. The molecule has 1 aliphatic heterocycles. The van der Waals surface area contributed by atoms with Crippen LogP contribution < -0.4 is 5.32 Å². The number of piperidine rings is 1. The van der Waals surface area contributed by atoms with Crippen molar-refractivity contribution < 1.29 is 4.79 Å². The molecular weight excluding hydrogens is 307 g/mol. The molecule has 0 bridgehead atoms. The molecule has 0 spiro atoms. The number of rotatable bonds is 4. The van der Waals surface area contributed by atoms with Crippen molar-refractivity contribution in [3.8, 4) is 0 Å². The molecule has 1 heterocycles. The van der Waals surface area contributed by atoms with E-state index in [9.17, 15) is 4.79 Å². The van der Waals surface area contributed by atoms with Crippen molar-refractivity contribution in [3.63, 3.8) is 0 Å². The molecule has 21 heavy (non-hydrogen) atoms. The van der Waals surface area contributed by atoms with Gasteiger partial charge < -0.3 is 10.2 Å². The van der Waals surface area contributed by atoms with Crippen LogP contribution in [-0.2, 0) is 0 Å². The van der Waals surface area contributed by atoms with Gasteiger partial charge in [-0.3, -0.25) is 4.79 Å². The lowest BCUT2D eigenvalue weighted by Gasteiger charge is -2.33. The number of halogens is 2. The highest BCUT2D eigenvalue weighted by molar-refractivity contribution is 6.35. The third kappa shape index (κ3) is 4.60. The second kappa shape index (κ2) is 7.48. The summed E-state index contributed by atoms with van der Waals surface area (Å²) in [6.45, 7) is 5.83. The average molecular weight is 329 g/mol. The van der Waals surface area contributed by atoms with E-state index in [1.165, 1.54) is 12.8 Å². The molecule has 1 aliphatic rings. The lowest BCUT2D eigenvalue weighted by Crippen LogP contribution is -2.48. The molecule has 1 aromatic rings. The van der Waals surface area contributed by atoms with Crippen molar-refractivity contribution in [2.75, 3.05) is 13.1 Å². The molecule has 1 unspecified atom stereocenters. The van der Waals surface area contributed by atoms with E-state index in [0.717, 1.165) is 19.5 Å². The Balaban J connectivity index is 2.14. The van der Waals surface area contributed by atoms with Crippen molar-refractivity contribution >= 4 is 29.1 Å². The number of carbonyl (C=O) groups is 1.